The molecule has 21 heteroatoms. The molecule has 0 aliphatic carbocycles. The second kappa shape index (κ2) is 13.0. The van der Waals surface area contributed by atoms with Crippen LogP contribution in [-0.2, 0) is 41.7 Å². The minimum atomic E-state index is -4.31. The van der Waals surface area contributed by atoms with Crippen LogP contribution < -0.4 is 0 Å². The van der Waals surface area contributed by atoms with Crippen molar-refractivity contribution >= 4 is 22.8 Å². The second-order valence-electron chi connectivity index (χ2n) is 6.10. The van der Waals surface area contributed by atoms with Crippen LogP contribution >= 0.6 is 22.8 Å². The molecule has 1 fully saturated rings. The van der Waals surface area contributed by atoms with Gasteiger partial charge in [0.25, 0.3) is 0 Å². The lowest BCUT2D eigenvalue weighted by Gasteiger charge is -2.27. The molecule has 1 heterocycles. The van der Waals surface area contributed by atoms with E-state index in [4.69, 9.17) is 31.5 Å². The highest BCUT2D eigenvalue weighted by Gasteiger charge is 2.34. The van der Waals surface area contributed by atoms with Gasteiger partial charge < -0.3 is 0 Å². The second-order valence-corrected chi connectivity index (χ2v) is 11.6. The first kappa shape index (κ1) is 28.1. The highest BCUT2D eigenvalue weighted by molar-refractivity contribution is 7.54. The molecule has 0 aromatic heterocycles. The van der Waals surface area contributed by atoms with Crippen molar-refractivity contribution in [2.45, 2.75) is 0 Å². The van der Waals surface area contributed by atoms with Crippen molar-refractivity contribution in [1.29, 1.82) is 0 Å². The van der Waals surface area contributed by atoms with Crippen molar-refractivity contribution in [1.82, 2.24) is 14.7 Å². The Morgan fingerprint density at radius 2 is 0.633 bits per heavy atom. The van der Waals surface area contributed by atoms with Crippen molar-refractivity contribution in [2.75, 3.05) is 58.1 Å². The van der Waals surface area contributed by atoms with Crippen LogP contribution in [0.1, 0.15) is 0 Å². The standard InChI is InChI=1S/C9H24N3O15P3/c13-22-28(19,23-14)7-10-1-2-11(8-29(20,24-15)25-16)5-6-12(4-3-10)9-30(21,26-17)27-18/h13-18H,1-9H2. The van der Waals surface area contributed by atoms with Gasteiger partial charge in [-0.2, -0.15) is 0 Å². The molecule has 1 saturated heterocycles. The van der Waals surface area contributed by atoms with Crippen molar-refractivity contribution in [2.24, 2.45) is 0 Å². The van der Waals surface area contributed by atoms with Crippen molar-refractivity contribution in [3.8, 4) is 0 Å². The molecule has 1 aliphatic rings. The van der Waals surface area contributed by atoms with Gasteiger partial charge in [0, 0.05) is 39.3 Å². The Kier molecular flexibility index (Phi) is 12.1. The van der Waals surface area contributed by atoms with Gasteiger partial charge in [0.2, 0.25) is 0 Å². The SMILES string of the molecule is O=P(CN1CCN(CP(=O)(OO)OO)CCN(CP(=O)(OO)OO)CC1)(OO)OO. The fraction of sp³-hybridized carbons (Fsp3) is 1.00. The first-order valence-corrected chi connectivity index (χ1v) is 13.2. The smallest absolute Gasteiger partial charge is 0.290 e. The molecule has 18 nitrogen and oxygen atoms in total. The molecule has 0 aromatic carbocycles. The monoisotopic (exact) mass is 507 g/mol. The Bertz CT molecular complexity index is 533. The predicted molar refractivity (Wildman–Crippen MR) is 94.4 cm³/mol. The van der Waals surface area contributed by atoms with E-state index in [9.17, 15) is 13.7 Å². The van der Waals surface area contributed by atoms with Crippen LogP contribution in [0.4, 0.5) is 0 Å². The van der Waals surface area contributed by atoms with Gasteiger partial charge >= 0.3 is 22.8 Å². The zero-order valence-electron chi connectivity index (χ0n) is 15.4. The highest BCUT2D eigenvalue weighted by Crippen LogP contribution is 2.48. The fourth-order valence-corrected chi connectivity index (χ4v) is 5.26. The molecule has 0 bridgehead atoms. The highest BCUT2D eigenvalue weighted by atomic mass is 31.2. The van der Waals surface area contributed by atoms with E-state index in [0.717, 1.165) is 0 Å². The normalized spacial score (nSPS) is 19.4. The minimum absolute atomic E-state index is 0.0477. The van der Waals surface area contributed by atoms with Crippen molar-refractivity contribution < 1.29 is 73.3 Å². The molecular weight excluding hydrogens is 483 g/mol. The Labute approximate surface area is 169 Å². The molecule has 1 rings (SSSR count). The summed E-state index contributed by atoms with van der Waals surface area (Å²) in [4.78, 5) is 4.11. The van der Waals surface area contributed by atoms with E-state index in [1.807, 2.05) is 0 Å². The summed E-state index contributed by atoms with van der Waals surface area (Å²) < 4.78 is 58.1. The van der Waals surface area contributed by atoms with E-state index in [1.54, 1.807) is 0 Å². The van der Waals surface area contributed by atoms with E-state index in [1.165, 1.54) is 14.7 Å². The molecule has 0 spiro atoms. The zero-order valence-corrected chi connectivity index (χ0v) is 18.1. The van der Waals surface area contributed by atoms with Crippen molar-refractivity contribution in [3.63, 3.8) is 0 Å². The third-order valence-electron chi connectivity index (χ3n) is 4.06. The molecule has 0 atom stereocenters. The number of nitrogens with zero attached hydrogens (tertiary/aromatic N) is 3. The van der Waals surface area contributed by atoms with E-state index in [-0.39, 0.29) is 39.3 Å². The number of rotatable bonds is 12. The maximum atomic E-state index is 12.0. The lowest BCUT2D eigenvalue weighted by atomic mass is 10.5. The lowest BCUT2D eigenvalue weighted by Crippen LogP contribution is -2.37. The Morgan fingerprint density at radius 3 is 0.767 bits per heavy atom. The summed E-state index contributed by atoms with van der Waals surface area (Å²) in [5.74, 6) is 0. The van der Waals surface area contributed by atoms with Gasteiger partial charge in [-0.1, -0.05) is 0 Å². The van der Waals surface area contributed by atoms with Gasteiger partial charge in [-0.3, -0.25) is 28.4 Å². The maximum absolute atomic E-state index is 12.0. The lowest BCUT2D eigenvalue weighted by molar-refractivity contribution is -0.210. The van der Waals surface area contributed by atoms with Crippen LogP contribution in [0.3, 0.4) is 0 Å². The summed E-state index contributed by atoms with van der Waals surface area (Å²) in [5, 5.41) is 52.1. The Balaban J connectivity index is 3.02. The van der Waals surface area contributed by atoms with Gasteiger partial charge in [0.15, 0.2) is 0 Å². The van der Waals surface area contributed by atoms with Crippen LogP contribution in [0, 0.1) is 0 Å². The molecule has 1 aliphatic heterocycles. The van der Waals surface area contributed by atoms with Gasteiger partial charge in [0.05, 0.1) is 0 Å². The minimum Gasteiger partial charge on any atom is -0.290 e. The Hall–Kier alpha value is 0.0900. The predicted octanol–water partition coefficient (Wildman–Crippen LogP) is 1.30. The topological polar surface area (TPSA) is 238 Å². The molecule has 0 saturated carbocycles. The molecule has 0 aromatic rings. The van der Waals surface area contributed by atoms with Crippen LogP contribution in [0.2, 0.25) is 0 Å². The summed E-state index contributed by atoms with van der Waals surface area (Å²) >= 11 is 0. The fourth-order valence-electron chi connectivity index (χ4n) is 2.54. The van der Waals surface area contributed by atoms with E-state index < -0.39 is 41.6 Å². The average Bonchev–Trinajstić information content (AvgIpc) is 2.85. The number of hydrogen-bond donors (Lipinski definition) is 6. The van der Waals surface area contributed by atoms with Crippen LogP contribution in [-0.4, -0.2) is 104 Å². The first-order valence-electron chi connectivity index (χ1n) is 8.03. The molecule has 6 N–H and O–H groups in total. The third-order valence-corrected chi connectivity index (χ3v) is 7.80. The van der Waals surface area contributed by atoms with E-state index in [0.29, 0.717) is 0 Å². The van der Waals surface area contributed by atoms with Gasteiger partial charge in [-0.05, 0) is 0 Å². The van der Waals surface area contributed by atoms with Crippen LogP contribution in [0.5, 0.6) is 0 Å². The largest absolute Gasteiger partial charge is 0.397 e. The van der Waals surface area contributed by atoms with Crippen molar-refractivity contribution in [3.05, 3.63) is 0 Å². The quantitative estimate of drug-likeness (QED) is 0.124. The first-order chi connectivity index (χ1) is 14.1. The van der Waals surface area contributed by atoms with Crippen LogP contribution in [0.15, 0.2) is 0 Å². The molecule has 30 heavy (non-hydrogen) atoms. The summed E-state index contributed by atoms with van der Waals surface area (Å²) in [5.41, 5.74) is 0. The van der Waals surface area contributed by atoms with E-state index >= 15 is 0 Å². The molecule has 0 radical (unpaired) electrons. The zero-order chi connectivity index (χ0) is 22.8. The van der Waals surface area contributed by atoms with Gasteiger partial charge in [-0.25, -0.2) is 31.5 Å². The Morgan fingerprint density at radius 1 is 0.467 bits per heavy atom. The molecular formula is C9H24N3O15P3. The summed E-state index contributed by atoms with van der Waals surface area (Å²) in [7, 11) is -12.9. The summed E-state index contributed by atoms with van der Waals surface area (Å²) in [6, 6.07) is 0. The molecule has 180 valence electrons. The van der Waals surface area contributed by atoms with Crippen LogP contribution in [0.25, 0.3) is 0 Å². The summed E-state index contributed by atoms with van der Waals surface area (Å²) in [6.45, 7) is 0.286. The maximum Gasteiger partial charge on any atom is 0.397 e. The summed E-state index contributed by atoms with van der Waals surface area (Å²) in [6.07, 6.45) is -1.80. The average molecular weight is 507 g/mol. The van der Waals surface area contributed by atoms with E-state index in [2.05, 4.69) is 28.0 Å². The third kappa shape index (κ3) is 8.91. The van der Waals surface area contributed by atoms with Gasteiger partial charge in [0.1, 0.15) is 18.9 Å². The number of hydrogen-bond acceptors (Lipinski definition) is 18. The van der Waals surface area contributed by atoms with Gasteiger partial charge in [-0.15, -0.1) is 28.0 Å². The molecule has 0 unspecified atom stereocenters. The molecule has 0 amide bonds.